The van der Waals surface area contributed by atoms with E-state index in [9.17, 15) is 13.2 Å². The molecule has 1 aliphatic heterocycles. The van der Waals surface area contributed by atoms with E-state index in [1.165, 1.54) is 11.8 Å². The first-order chi connectivity index (χ1) is 11.4. The summed E-state index contributed by atoms with van der Waals surface area (Å²) >= 11 is 3.06. The molecule has 3 rings (SSSR count). The van der Waals surface area contributed by atoms with Crippen molar-refractivity contribution in [2.24, 2.45) is 0 Å². The van der Waals surface area contributed by atoms with Crippen LogP contribution in [0.2, 0.25) is 0 Å². The van der Waals surface area contributed by atoms with Crippen molar-refractivity contribution in [1.29, 1.82) is 0 Å². The number of hydrogen-bond donors (Lipinski definition) is 0. The predicted octanol–water partition coefficient (Wildman–Crippen LogP) is 2.74. The van der Waals surface area contributed by atoms with Crippen molar-refractivity contribution in [2.75, 3.05) is 24.3 Å². The van der Waals surface area contributed by atoms with E-state index in [1.54, 1.807) is 23.3 Å². The van der Waals surface area contributed by atoms with Gasteiger partial charge in [-0.05, 0) is 25.5 Å². The van der Waals surface area contributed by atoms with E-state index in [0.717, 1.165) is 15.2 Å². The van der Waals surface area contributed by atoms with Crippen LogP contribution in [0.15, 0.2) is 24.3 Å². The molecule has 2 aromatic rings. The quantitative estimate of drug-likeness (QED) is 0.793. The van der Waals surface area contributed by atoms with Crippen molar-refractivity contribution in [3.63, 3.8) is 0 Å². The summed E-state index contributed by atoms with van der Waals surface area (Å²) < 4.78 is 24.1. The van der Waals surface area contributed by atoms with Gasteiger partial charge in [-0.1, -0.05) is 12.1 Å². The fourth-order valence-corrected chi connectivity index (χ4v) is 7.26. The minimum Gasteiger partial charge on any atom is -0.336 e. The van der Waals surface area contributed by atoms with Crippen LogP contribution in [0.4, 0.5) is 0 Å². The Morgan fingerprint density at radius 2 is 2.21 bits per heavy atom. The molecule has 1 aromatic carbocycles. The molecule has 0 N–H and O–H groups in total. The van der Waals surface area contributed by atoms with Crippen LogP contribution < -0.4 is 0 Å². The Morgan fingerprint density at radius 1 is 1.46 bits per heavy atom. The maximum atomic E-state index is 12.4. The second-order valence-corrected chi connectivity index (χ2v) is 10.6. The second-order valence-electron chi connectivity index (χ2n) is 6.04. The summed E-state index contributed by atoms with van der Waals surface area (Å²) in [7, 11) is -1.11. The summed E-state index contributed by atoms with van der Waals surface area (Å²) in [6.07, 6.45) is 0.650. The molecular formula is C16H20N2O3S3. The maximum absolute atomic E-state index is 12.4. The molecule has 1 fully saturated rings. The first-order valence-corrected chi connectivity index (χ1v) is 11.5. The summed E-state index contributed by atoms with van der Waals surface area (Å²) in [5.74, 6) is 0.765. The van der Waals surface area contributed by atoms with Gasteiger partial charge in [0.1, 0.15) is 5.01 Å². The molecule has 0 bridgehead atoms. The van der Waals surface area contributed by atoms with Gasteiger partial charge in [0.25, 0.3) is 0 Å². The van der Waals surface area contributed by atoms with Gasteiger partial charge in [-0.25, -0.2) is 13.4 Å². The van der Waals surface area contributed by atoms with Crippen LogP contribution in [0.5, 0.6) is 0 Å². The molecule has 0 radical (unpaired) electrons. The smallest absolute Gasteiger partial charge is 0.232 e. The number of carbonyl (C=O) groups excluding carboxylic acids is 1. The molecule has 2 heterocycles. The van der Waals surface area contributed by atoms with Gasteiger partial charge in [-0.2, -0.15) is 0 Å². The number of sulfone groups is 1. The van der Waals surface area contributed by atoms with E-state index in [0.29, 0.717) is 12.2 Å². The zero-order valence-electron chi connectivity index (χ0n) is 13.6. The van der Waals surface area contributed by atoms with Gasteiger partial charge in [0.05, 0.1) is 33.5 Å². The van der Waals surface area contributed by atoms with E-state index in [1.807, 2.05) is 31.2 Å². The van der Waals surface area contributed by atoms with E-state index in [4.69, 9.17) is 0 Å². The normalized spacial score (nSPS) is 21.0. The lowest BCUT2D eigenvalue weighted by molar-refractivity contribution is -0.128. The third-order valence-electron chi connectivity index (χ3n) is 4.28. The minimum atomic E-state index is -2.89. The standard InChI is InChI=1S/C16H20N2O3S3/c1-11(16-17-13-5-3-4-6-14(13)23-16)18(2)15(19)9-22-12-7-8-24(20,21)10-12/h3-6,11-12H,7-10H2,1-2H3/t11-,12-/m1/s1. The summed E-state index contributed by atoms with van der Waals surface area (Å²) in [4.78, 5) is 18.7. The Bertz CT molecular complexity index is 814. The Labute approximate surface area is 150 Å². The largest absolute Gasteiger partial charge is 0.336 e. The first kappa shape index (κ1) is 17.7. The van der Waals surface area contributed by atoms with Crippen molar-refractivity contribution >= 4 is 49.1 Å². The van der Waals surface area contributed by atoms with E-state index >= 15 is 0 Å². The number of rotatable bonds is 5. The number of aromatic nitrogens is 1. The topological polar surface area (TPSA) is 67.3 Å². The number of thiazole rings is 1. The fraction of sp³-hybridized carbons (Fsp3) is 0.500. The number of nitrogens with zero attached hydrogens (tertiary/aromatic N) is 2. The monoisotopic (exact) mass is 384 g/mol. The first-order valence-electron chi connectivity index (χ1n) is 7.79. The third kappa shape index (κ3) is 3.92. The number of fused-ring (bicyclic) bond motifs is 1. The average molecular weight is 385 g/mol. The predicted molar refractivity (Wildman–Crippen MR) is 100 cm³/mol. The molecule has 0 spiro atoms. The van der Waals surface area contributed by atoms with Gasteiger partial charge in [0.15, 0.2) is 9.84 Å². The summed E-state index contributed by atoms with van der Waals surface area (Å²) in [6.45, 7) is 1.97. The second kappa shape index (κ2) is 7.01. The number of hydrogen-bond acceptors (Lipinski definition) is 6. The number of benzene rings is 1. The molecule has 130 valence electrons. The Balaban J connectivity index is 1.60. The molecule has 2 atom stereocenters. The van der Waals surface area contributed by atoms with Crippen LogP contribution in [-0.4, -0.2) is 53.8 Å². The van der Waals surface area contributed by atoms with Crippen molar-refractivity contribution < 1.29 is 13.2 Å². The summed E-state index contributed by atoms with van der Waals surface area (Å²) in [5, 5.41) is 0.964. The van der Waals surface area contributed by atoms with Gasteiger partial charge in [-0.3, -0.25) is 4.79 Å². The molecular weight excluding hydrogens is 364 g/mol. The lowest BCUT2D eigenvalue weighted by Gasteiger charge is -2.23. The van der Waals surface area contributed by atoms with Crippen LogP contribution >= 0.6 is 23.1 Å². The third-order valence-corrected chi connectivity index (χ3v) is 8.75. The molecule has 1 saturated heterocycles. The van der Waals surface area contributed by atoms with Gasteiger partial charge < -0.3 is 4.90 Å². The van der Waals surface area contributed by atoms with Crippen molar-refractivity contribution in [2.45, 2.75) is 24.6 Å². The molecule has 0 unspecified atom stereocenters. The van der Waals surface area contributed by atoms with Gasteiger partial charge in [0, 0.05) is 12.3 Å². The highest BCUT2D eigenvalue weighted by molar-refractivity contribution is 8.02. The zero-order chi connectivity index (χ0) is 17.3. The Morgan fingerprint density at radius 3 is 2.88 bits per heavy atom. The molecule has 0 aliphatic carbocycles. The van der Waals surface area contributed by atoms with Crippen molar-refractivity contribution in [3.8, 4) is 0 Å². The molecule has 1 amide bonds. The van der Waals surface area contributed by atoms with Crippen molar-refractivity contribution in [1.82, 2.24) is 9.88 Å². The molecule has 5 nitrogen and oxygen atoms in total. The van der Waals surface area contributed by atoms with Crippen LogP contribution in [0.25, 0.3) is 10.2 Å². The molecule has 8 heteroatoms. The SMILES string of the molecule is C[C@H](c1nc2ccccc2s1)N(C)C(=O)CS[C@@H]1CCS(=O)(=O)C1. The lowest BCUT2D eigenvalue weighted by atomic mass is 10.3. The average Bonchev–Trinajstić information content (AvgIpc) is 3.13. The number of thioether (sulfide) groups is 1. The number of carbonyl (C=O) groups is 1. The van der Waals surface area contributed by atoms with Crippen LogP contribution in [-0.2, 0) is 14.6 Å². The molecule has 1 aliphatic rings. The lowest BCUT2D eigenvalue weighted by Crippen LogP contribution is -2.31. The highest BCUT2D eigenvalue weighted by atomic mass is 32.2. The number of para-hydroxylation sites is 1. The van der Waals surface area contributed by atoms with Crippen LogP contribution in [0, 0.1) is 0 Å². The van der Waals surface area contributed by atoms with Gasteiger partial charge >= 0.3 is 0 Å². The van der Waals surface area contributed by atoms with Gasteiger partial charge in [0.2, 0.25) is 5.91 Å². The summed E-state index contributed by atoms with van der Waals surface area (Å²) in [5.41, 5.74) is 0.954. The van der Waals surface area contributed by atoms with Crippen LogP contribution in [0.1, 0.15) is 24.4 Å². The summed E-state index contributed by atoms with van der Waals surface area (Å²) in [6, 6.07) is 7.85. The Kier molecular flexibility index (Phi) is 5.17. The molecule has 24 heavy (non-hydrogen) atoms. The molecule has 1 aromatic heterocycles. The zero-order valence-corrected chi connectivity index (χ0v) is 16.1. The highest BCUT2D eigenvalue weighted by Gasteiger charge is 2.29. The number of amides is 1. The van der Waals surface area contributed by atoms with Crippen molar-refractivity contribution in [3.05, 3.63) is 29.3 Å². The fourth-order valence-electron chi connectivity index (χ4n) is 2.63. The highest BCUT2D eigenvalue weighted by Crippen LogP contribution is 2.30. The molecule has 0 saturated carbocycles. The maximum Gasteiger partial charge on any atom is 0.232 e. The van der Waals surface area contributed by atoms with E-state index in [2.05, 4.69) is 4.98 Å². The minimum absolute atomic E-state index is 0.0102. The Hall–Kier alpha value is -1.12. The van der Waals surface area contributed by atoms with Gasteiger partial charge in [-0.15, -0.1) is 23.1 Å². The van der Waals surface area contributed by atoms with Crippen LogP contribution in [0.3, 0.4) is 0 Å². The van der Waals surface area contributed by atoms with E-state index < -0.39 is 9.84 Å². The van der Waals surface area contributed by atoms with E-state index in [-0.39, 0.29) is 28.7 Å².